The van der Waals surface area contributed by atoms with Gasteiger partial charge in [0, 0.05) is 19.0 Å². The highest BCUT2D eigenvalue weighted by molar-refractivity contribution is 5.76. The molecule has 1 heterocycles. The zero-order chi connectivity index (χ0) is 13.5. The van der Waals surface area contributed by atoms with Gasteiger partial charge in [0.05, 0.1) is 0 Å². The SMILES string of the molecule is O=C1CCC[C@H](NC(=O)OCc2ccccc2)CN1. The van der Waals surface area contributed by atoms with E-state index in [1.165, 1.54) is 0 Å². The number of hydrogen-bond acceptors (Lipinski definition) is 3. The molecule has 5 nitrogen and oxygen atoms in total. The molecule has 0 unspecified atom stereocenters. The van der Waals surface area contributed by atoms with Crippen LogP contribution in [0.3, 0.4) is 0 Å². The van der Waals surface area contributed by atoms with Gasteiger partial charge in [-0.25, -0.2) is 4.79 Å². The molecular formula is C14H18N2O3. The van der Waals surface area contributed by atoms with Crippen LogP contribution in [0.1, 0.15) is 24.8 Å². The van der Waals surface area contributed by atoms with E-state index in [0.29, 0.717) is 13.0 Å². The molecule has 1 aliphatic rings. The van der Waals surface area contributed by atoms with Crippen molar-refractivity contribution in [2.45, 2.75) is 31.9 Å². The van der Waals surface area contributed by atoms with Gasteiger partial charge in [-0.1, -0.05) is 30.3 Å². The van der Waals surface area contributed by atoms with E-state index in [1.54, 1.807) is 0 Å². The van der Waals surface area contributed by atoms with Crippen LogP contribution in [0.2, 0.25) is 0 Å². The second-order valence-electron chi connectivity index (χ2n) is 4.60. The molecule has 0 aliphatic carbocycles. The number of hydrogen-bond donors (Lipinski definition) is 2. The van der Waals surface area contributed by atoms with E-state index < -0.39 is 6.09 Å². The van der Waals surface area contributed by atoms with E-state index in [0.717, 1.165) is 18.4 Å². The average molecular weight is 262 g/mol. The Balaban J connectivity index is 1.73. The van der Waals surface area contributed by atoms with Crippen LogP contribution in [0, 0.1) is 0 Å². The summed E-state index contributed by atoms with van der Waals surface area (Å²) in [6.07, 6.45) is 1.66. The lowest BCUT2D eigenvalue weighted by Crippen LogP contribution is -2.41. The van der Waals surface area contributed by atoms with Gasteiger partial charge in [-0.3, -0.25) is 4.79 Å². The molecule has 5 heteroatoms. The van der Waals surface area contributed by atoms with Crippen molar-refractivity contribution in [2.75, 3.05) is 6.54 Å². The lowest BCUT2D eigenvalue weighted by Gasteiger charge is -2.16. The third-order valence-corrected chi connectivity index (χ3v) is 3.04. The summed E-state index contributed by atoms with van der Waals surface area (Å²) in [4.78, 5) is 22.8. The summed E-state index contributed by atoms with van der Waals surface area (Å²) >= 11 is 0. The molecule has 0 bridgehead atoms. The van der Waals surface area contributed by atoms with Crippen LogP contribution in [-0.2, 0) is 16.1 Å². The first-order valence-electron chi connectivity index (χ1n) is 6.48. The van der Waals surface area contributed by atoms with E-state index in [4.69, 9.17) is 4.74 Å². The number of nitrogens with one attached hydrogen (secondary N) is 2. The molecular weight excluding hydrogens is 244 g/mol. The Morgan fingerprint density at radius 3 is 2.95 bits per heavy atom. The Morgan fingerprint density at radius 1 is 1.37 bits per heavy atom. The molecule has 1 aromatic rings. The molecule has 102 valence electrons. The summed E-state index contributed by atoms with van der Waals surface area (Å²) in [5, 5.41) is 5.54. The fraction of sp³-hybridized carbons (Fsp3) is 0.429. The van der Waals surface area contributed by atoms with Crippen LogP contribution in [0.5, 0.6) is 0 Å². The highest BCUT2D eigenvalue weighted by Crippen LogP contribution is 2.06. The number of alkyl carbamates (subject to hydrolysis) is 1. The number of amides is 2. The van der Waals surface area contributed by atoms with Crippen LogP contribution in [0.15, 0.2) is 30.3 Å². The number of carbonyl (C=O) groups excluding carboxylic acids is 2. The zero-order valence-electron chi connectivity index (χ0n) is 10.7. The molecule has 2 rings (SSSR count). The lowest BCUT2D eigenvalue weighted by atomic mass is 10.1. The molecule has 0 radical (unpaired) electrons. The van der Waals surface area contributed by atoms with Gasteiger partial charge in [-0.15, -0.1) is 0 Å². The molecule has 1 aromatic carbocycles. The maximum absolute atomic E-state index is 11.6. The molecule has 1 aliphatic heterocycles. The first-order valence-corrected chi connectivity index (χ1v) is 6.48. The fourth-order valence-corrected chi connectivity index (χ4v) is 1.99. The van der Waals surface area contributed by atoms with E-state index in [9.17, 15) is 9.59 Å². The van der Waals surface area contributed by atoms with Crippen LogP contribution in [-0.4, -0.2) is 24.6 Å². The Bertz CT molecular complexity index is 434. The van der Waals surface area contributed by atoms with Gasteiger partial charge in [0.25, 0.3) is 0 Å². The summed E-state index contributed by atoms with van der Waals surface area (Å²) in [6.45, 7) is 0.727. The normalized spacial score (nSPS) is 19.2. The van der Waals surface area contributed by atoms with E-state index in [-0.39, 0.29) is 18.6 Å². The van der Waals surface area contributed by atoms with Crippen molar-refractivity contribution in [1.29, 1.82) is 0 Å². The summed E-state index contributed by atoms with van der Waals surface area (Å²) in [6, 6.07) is 9.47. The van der Waals surface area contributed by atoms with E-state index in [2.05, 4.69) is 10.6 Å². The minimum Gasteiger partial charge on any atom is -0.445 e. The second kappa shape index (κ2) is 6.78. The van der Waals surface area contributed by atoms with Crippen molar-refractivity contribution in [3.63, 3.8) is 0 Å². The third-order valence-electron chi connectivity index (χ3n) is 3.04. The Labute approximate surface area is 112 Å². The van der Waals surface area contributed by atoms with Crippen LogP contribution in [0.25, 0.3) is 0 Å². The van der Waals surface area contributed by atoms with Gasteiger partial charge in [0.1, 0.15) is 6.61 Å². The second-order valence-corrected chi connectivity index (χ2v) is 4.60. The van der Waals surface area contributed by atoms with Crippen molar-refractivity contribution in [3.8, 4) is 0 Å². The van der Waals surface area contributed by atoms with Gasteiger partial charge in [0.2, 0.25) is 5.91 Å². The minimum atomic E-state index is -0.440. The fourth-order valence-electron chi connectivity index (χ4n) is 1.99. The summed E-state index contributed by atoms with van der Waals surface area (Å²) in [5.41, 5.74) is 0.951. The van der Waals surface area contributed by atoms with Crippen molar-refractivity contribution in [1.82, 2.24) is 10.6 Å². The van der Waals surface area contributed by atoms with Crippen molar-refractivity contribution in [2.24, 2.45) is 0 Å². The van der Waals surface area contributed by atoms with Gasteiger partial charge in [-0.2, -0.15) is 0 Å². The van der Waals surface area contributed by atoms with Gasteiger partial charge in [-0.05, 0) is 18.4 Å². The van der Waals surface area contributed by atoms with E-state index in [1.807, 2.05) is 30.3 Å². The molecule has 1 saturated heterocycles. The maximum atomic E-state index is 11.6. The maximum Gasteiger partial charge on any atom is 0.407 e. The Kier molecular flexibility index (Phi) is 4.78. The Hall–Kier alpha value is -2.04. The van der Waals surface area contributed by atoms with Crippen LogP contribution < -0.4 is 10.6 Å². The van der Waals surface area contributed by atoms with Crippen molar-refractivity contribution in [3.05, 3.63) is 35.9 Å². The van der Waals surface area contributed by atoms with Gasteiger partial charge >= 0.3 is 6.09 Å². The summed E-state index contributed by atoms with van der Waals surface area (Å²) in [7, 11) is 0. The number of rotatable bonds is 3. The quantitative estimate of drug-likeness (QED) is 0.869. The molecule has 0 saturated carbocycles. The van der Waals surface area contributed by atoms with Crippen LogP contribution >= 0.6 is 0 Å². The summed E-state index contributed by atoms with van der Waals surface area (Å²) < 4.78 is 5.14. The molecule has 0 spiro atoms. The molecule has 1 atom stereocenters. The Morgan fingerprint density at radius 2 is 2.16 bits per heavy atom. The average Bonchev–Trinajstić information content (AvgIpc) is 2.63. The number of ether oxygens (including phenoxy) is 1. The van der Waals surface area contributed by atoms with Gasteiger partial charge in [0.15, 0.2) is 0 Å². The minimum absolute atomic E-state index is 0.0435. The highest BCUT2D eigenvalue weighted by Gasteiger charge is 2.17. The molecule has 19 heavy (non-hydrogen) atoms. The largest absolute Gasteiger partial charge is 0.445 e. The number of carbonyl (C=O) groups is 2. The molecule has 0 aromatic heterocycles. The molecule has 1 fully saturated rings. The number of benzene rings is 1. The third kappa shape index (κ3) is 4.62. The summed E-state index contributed by atoms with van der Waals surface area (Å²) in [5.74, 6) is 0.0435. The predicted octanol–water partition coefficient (Wildman–Crippen LogP) is 1.58. The van der Waals surface area contributed by atoms with Crippen molar-refractivity contribution < 1.29 is 14.3 Å². The monoisotopic (exact) mass is 262 g/mol. The predicted molar refractivity (Wildman–Crippen MR) is 70.4 cm³/mol. The first-order chi connectivity index (χ1) is 9.24. The topological polar surface area (TPSA) is 67.4 Å². The molecule has 2 N–H and O–H groups in total. The standard InChI is InChI=1S/C14H18N2O3/c17-13-8-4-7-12(9-15-13)16-14(18)19-10-11-5-2-1-3-6-11/h1-3,5-6,12H,4,7-10H2,(H,15,17)(H,16,18)/t12-/m0/s1. The van der Waals surface area contributed by atoms with Gasteiger partial charge < -0.3 is 15.4 Å². The smallest absolute Gasteiger partial charge is 0.407 e. The van der Waals surface area contributed by atoms with Crippen molar-refractivity contribution >= 4 is 12.0 Å². The zero-order valence-corrected chi connectivity index (χ0v) is 10.7. The first kappa shape index (κ1) is 13.4. The highest BCUT2D eigenvalue weighted by atomic mass is 16.5. The molecule has 2 amide bonds. The lowest BCUT2D eigenvalue weighted by molar-refractivity contribution is -0.120. The van der Waals surface area contributed by atoms with Crippen LogP contribution in [0.4, 0.5) is 4.79 Å². The van der Waals surface area contributed by atoms with E-state index >= 15 is 0 Å².